The molecule has 0 bridgehead atoms. The van der Waals surface area contributed by atoms with E-state index < -0.39 is 15.9 Å². The number of nitrogens with two attached hydrogens (primary N) is 1. The van der Waals surface area contributed by atoms with Gasteiger partial charge in [0.2, 0.25) is 10.0 Å². The Morgan fingerprint density at radius 2 is 2.00 bits per heavy atom. The van der Waals surface area contributed by atoms with E-state index in [9.17, 15) is 13.2 Å². The maximum atomic E-state index is 12.4. The van der Waals surface area contributed by atoms with Gasteiger partial charge in [-0.2, -0.15) is 0 Å². The molecule has 1 aromatic carbocycles. The molecule has 21 heavy (non-hydrogen) atoms. The molecule has 0 saturated heterocycles. The maximum Gasteiger partial charge on any atom is 0.254 e. The number of hydrogen-bond acceptors (Lipinski definition) is 3. The van der Waals surface area contributed by atoms with Crippen LogP contribution >= 0.6 is 23.2 Å². The molecule has 8 heteroatoms. The Hall–Kier alpha value is -0.820. The van der Waals surface area contributed by atoms with Gasteiger partial charge < -0.3 is 5.32 Å². The second-order valence-corrected chi connectivity index (χ2v) is 7.54. The molecule has 0 heterocycles. The smallest absolute Gasteiger partial charge is 0.254 e. The highest BCUT2D eigenvalue weighted by molar-refractivity contribution is 7.89. The van der Waals surface area contributed by atoms with Gasteiger partial charge in [-0.15, -0.1) is 0 Å². The monoisotopic (exact) mass is 350 g/mol. The van der Waals surface area contributed by atoms with E-state index in [-0.39, 0.29) is 26.0 Å². The van der Waals surface area contributed by atoms with Gasteiger partial charge in [-0.3, -0.25) is 4.79 Å². The van der Waals surface area contributed by atoms with Gasteiger partial charge in [0, 0.05) is 5.54 Å². The summed E-state index contributed by atoms with van der Waals surface area (Å²) in [7, 11) is -4.02. The normalized spacial score (nSPS) is 17.1. The van der Waals surface area contributed by atoms with E-state index >= 15 is 0 Å². The van der Waals surface area contributed by atoms with Gasteiger partial charge in [0.15, 0.2) is 0 Å². The minimum atomic E-state index is -4.02. The van der Waals surface area contributed by atoms with E-state index in [0.29, 0.717) is 0 Å². The Labute approximate surface area is 133 Å². The van der Waals surface area contributed by atoms with Crippen LogP contribution in [0.15, 0.2) is 17.0 Å². The number of carbonyl (C=O) groups is 1. The second kappa shape index (κ2) is 5.76. The van der Waals surface area contributed by atoms with Crippen LogP contribution in [0.5, 0.6) is 0 Å². The molecule has 3 N–H and O–H groups in total. The van der Waals surface area contributed by atoms with E-state index in [1.54, 1.807) is 0 Å². The summed E-state index contributed by atoms with van der Waals surface area (Å²) in [5, 5.41) is 7.84. The van der Waals surface area contributed by atoms with Gasteiger partial charge in [-0.05, 0) is 37.8 Å². The average Bonchev–Trinajstić information content (AvgIpc) is 2.32. The minimum Gasteiger partial charge on any atom is -0.347 e. The molecule has 1 aromatic rings. The third-order valence-corrected chi connectivity index (χ3v) is 5.73. The summed E-state index contributed by atoms with van der Waals surface area (Å²) in [6.45, 7) is 1.99. The van der Waals surface area contributed by atoms with E-state index in [1.165, 1.54) is 12.1 Å². The first-order chi connectivity index (χ1) is 9.70. The van der Waals surface area contributed by atoms with Crippen LogP contribution in [0.4, 0.5) is 0 Å². The third kappa shape index (κ3) is 3.18. The molecular weight excluding hydrogens is 335 g/mol. The van der Waals surface area contributed by atoms with Crippen molar-refractivity contribution in [3.05, 3.63) is 27.7 Å². The van der Waals surface area contributed by atoms with Crippen LogP contribution < -0.4 is 10.5 Å². The highest BCUT2D eigenvalue weighted by atomic mass is 35.5. The number of halogens is 2. The van der Waals surface area contributed by atoms with Gasteiger partial charge in [0.1, 0.15) is 4.90 Å². The van der Waals surface area contributed by atoms with E-state index in [1.807, 2.05) is 6.92 Å². The topological polar surface area (TPSA) is 89.3 Å². The lowest BCUT2D eigenvalue weighted by atomic mass is 9.74. The first kappa shape index (κ1) is 16.5. The SMILES string of the molecule is CCC1(NC(=O)c2c(Cl)ccc(S(N)(=O)=O)c2Cl)CCC1. The Kier molecular flexibility index (Phi) is 4.54. The quantitative estimate of drug-likeness (QED) is 0.874. The molecule has 0 spiro atoms. The Balaban J connectivity index is 2.41. The van der Waals surface area contributed by atoms with Crippen molar-refractivity contribution in [3.8, 4) is 0 Å². The Morgan fingerprint density at radius 1 is 1.38 bits per heavy atom. The van der Waals surface area contributed by atoms with Gasteiger partial charge in [0.25, 0.3) is 5.91 Å². The summed E-state index contributed by atoms with van der Waals surface area (Å²) >= 11 is 12.0. The highest BCUT2D eigenvalue weighted by Crippen LogP contribution is 2.36. The van der Waals surface area contributed by atoms with Gasteiger partial charge in [0.05, 0.1) is 15.6 Å². The molecule has 1 amide bonds. The molecule has 2 rings (SSSR count). The van der Waals surface area contributed by atoms with Crippen LogP contribution in [0.2, 0.25) is 10.0 Å². The van der Waals surface area contributed by atoms with Crippen molar-refractivity contribution in [2.24, 2.45) is 5.14 Å². The first-order valence-corrected chi connectivity index (χ1v) is 8.84. The lowest BCUT2D eigenvalue weighted by Crippen LogP contribution is -2.53. The van der Waals surface area contributed by atoms with Crippen molar-refractivity contribution in [2.45, 2.75) is 43.0 Å². The number of amides is 1. The molecule has 0 aromatic heterocycles. The van der Waals surface area contributed by atoms with Gasteiger partial charge >= 0.3 is 0 Å². The fourth-order valence-corrected chi connectivity index (χ4v) is 3.91. The lowest BCUT2D eigenvalue weighted by Gasteiger charge is -2.42. The molecule has 5 nitrogen and oxygen atoms in total. The van der Waals surface area contributed by atoms with Crippen LogP contribution in [0.3, 0.4) is 0 Å². The molecule has 1 aliphatic rings. The molecular formula is C13H16Cl2N2O3S. The Bertz CT molecular complexity index is 679. The summed E-state index contributed by atoms with van der Waals surface area (Å²) in [6.07, 6.45) is 3.62. The molecule has 1 aliphatic carbocycles. The third-order valence-electron chi connectivity index (χ3n) is 3.96. The molecule has 1 fully saturated rings. The van der Waals surface area contributed by atoms with Crippen LogP contribution in [0, 0.1) is 0 Å². The van der Waals surface area contributed by atoms with E-state index in [4.69, 9.17) is 28.3 Å². The van der Waals surface area contributed by atoms with Crippen molar-refractivity contribution < 1.29 is 13.2 Å². The summed E-state index contributed by atoms with van der Waals surface area (Å²) in [4.78, 5) is 12.1. The molecule has 1 saturated carbocycles. The summed E-state index contributed by atoms with van der Waals surface area (Å²) in [5.41, 5.74) is -0.300. The lowest BCUT2D eigenvalue weighted by molar-refractivity contribution is 0.0820. The van der Waals surface area contributed by atoms with Gasteiger partial charge in [-0.1, -0.05) is 30.1 Å². The Morgan fingerprint density at radius 3 is 2.43 bits per heavy atom. The number of primary sulfonamides is 1. The van der Waals surface area contributed by atoms with E-state index in [0.717, 1.165) is 25.7 Å². The van der Waals surface area contributed by atoms with Crippen LogP contribution in [0.1, 0.15) is 43.0 Å². The maximum absolute atomic E-state index is 12.4. The van der Waals surface area contributed by atoms with Crippen molar-refractivity contribution >= 4 is 39.1 Å². The van der Waals surface area contributed by atoms with Crippen molar-refractivity contribution in [1.82, 2.24) is 5.32 Å². The highest BCUT2D eigenvalue weighted by Gasteiger charge is 2.37. The number of carbonyl (C=O) groups excluding carboxylic acids is 1. The second-order valence-electron chi connectivity index (χ2n) is 5.22. The first-order valence-electron chi connectivity index (χ1n) is 6.53. The fourth-order valence-electron chi connectivity index (χ4n) is 2.44. The zero-order valence-electron chi connectivity index (χ0n) is 11.4. The van der Waals surface area contributed by atoms with Crippen LogP contribution in [-0.4, -0.2) is 19.9 Å². The number of hydrogen-bond donors (Lipinski definition) is 2. The largest absolute Gasteiger partial charge is 0.347 e. The summed E-state index contributed by atoms with van der Waals surface area (Å²) in [5.74, 6) is -0.475. The standard InChI is InChI=1S/C13H16Cl2N2O3S/c1-2-13(6-3-7-13)17-12(18)10-8(14)4-5-9(11(10)15)21(16,19)20/h4-5H,2-3,6-7H2,1H3,(H,17,18)(H2,16,19,20). The molecule has 0 unspecified atom stereocenters. The molecule has 0 atom stereocenters. The van der Waals surface area contributed by atoms with Crippen LogP contribution in [-0.2, 0) is 10.0 Å². The predicted octanol–water partition coefficient (Wildman–Crippen LogP) is 2.70. The fraction of sp³-hybridized carbons (Fsp3) is 0.462. The summed E-state index contributed by atoms with van der Waals surface area (Å²) < 4.78 is 22.9. The number of rotatable bonds is 4. The van der Waals surface area contributed by atoms with Gasteiger partial charge in [-0.25, -0.2) is 13.6 Å². The van der Waals surface area contributed by atoms with Crippen molar-refractivity contribution in [2.75, 3.05) is 0 Å². The number of nitrogens with one attached hydrogen (secondary N) is 1. The van der Waals surface area contributed by atoms with Crippen molar-refractivity contribution in [1.29, 1.82) is 0 Å². The van der Waals surface area contributed by atoms with Crippen LogP contribution in [0.25, 0.3) is 0 Å². The predicted molar refractivity (Wildman–Crippen MR) is 82.2 cm³/mol. The summed E-state index contributed by atoms with van der Waals surface area (Å²) in [6, 6.07) is 2.50. The zero-order chi connectivity index (χ0) is 15.8. The average molecular weight is 351 g/mol. The number of benzene rings is 1. The van der Waals surface area contributed by atoms with Crippen molar-refractivity contribution in [3.63, 3.8) is 0 Å². The zero-order valence-corrected chi connectivity index (χ0v) is 13.8. The van der Waals surface area contributed by atoms with E-state index in [2.05, 4.69) is 5.32 Å². The minimum absolute atomic E-state index is 0.0513. The molecule has 116 valence electrons. The molecule has 0 aliphatic heterocycles. The number of sulfonamides is 1. The molecule has 0 radical (unpaired) electrons.